The fraction of sp³-hybridized carbons (Fsp3) is 0.500. The molecule has 1 heterocycles. The summed E-state index contributed by atoms with van der Waals surface area (Å²) in [4.78, 5) is 4.65. The highest BCUT2D eigenvalue weighted by Gasteiger charge is 2.37. The Labute approximate surface area is 133 Å². The molecule has 0 saturated heterocycles. The van der Waals surface area contributed by atoms with Crippen LogP contribution in [-0.4, -0.2) is 16.7 Å². The number of nitrogens with zero attached hydrogens (tertiary/aromatic N) is 2. The molecular formula is C16H20BrN3O. The lowest BCUT2D eigenvalue weighted by Gasteiger charge is -2.26. The highest BCUT2D eigenvalue weighted by molar-refractivity contribution is 9.10. The molecule has 0 bridgehead atoms. The van der Waals surface area contributed by atoms with Gasteiger partial charge < -0.3 is 10.3 Å². The Morgan fingerprint density at radius 2 is 1.76 bits per heavy atom. The predicted molar refractivity (Wildman–Crippen MR) is 85.9 cm³/mol. The summed E-state index contributed by atoms with van der Waals surface area (Å²) in [7, 11) is 0. The summed E-state index contributed by atoms with van der Waals surface area (Å²) in [5, 5.41) is 4.16. The van der Waals surface area contributed by atoms with E-state index in [1.807, 2.05) is 24.3 Å². The summed E-state index contributed by atoms with van der Waals surface area (Å²) in [6.07, 6.45) is 7.02. The van der Waals surface area contributed by atoms with E-state index in [1.165, 1.54) is 25.7 Å². The van der Waals surface area contributed by atoms with Gasteiger partial charge in [0.15, 0.2) is 0 Å². The first kappa shape index (κ1) is 14.7. The molecule has 3 rings (SSSR count). The maximum atomic E-state index is 6.07. The largest absolute Gasteiger partial charge is 0.338 e. The first-order valence-corrected chi connectivity index (χ1v) is 8.33. The van der Waals surface area contributed by atoms with Crippen molar-refractivity contribution in [3.05, 3.63) is 34.6 Å². The van der Waals surface area contributed by atoms with E-state index in [1.54, 1.807) is 0 Å². The summed E-state index contributed by atoms with van der Waals surface area (Å²) >= 11 is 3.43. The average molecular weight is 350 g/mol. The first-order valence-electron chi connectivity index (χ1n) is 7.54. The molecule has 0 radical (unpaired) electrons. The number of nitrogens with two attached hydrogens (primary N) is 1. The van der Waals surface area contributed by atoms with Crippen molar-refractivity contribution < 1.29 is 4.52 Å². The lowest BCUT2D eigenvalue weighted by molar-refractivity contribution is 0.257. The maximum Gasteiger partial charge on any atom is 0.234 e. The van der Waals surface area contributed by atoms with Gasteiger partial charge >= 0.3 is 0 Å². The fourth-order valence-corrected chi connectivity index (χ4v) is 3.33. The van der Waals surface area contributed by atoms with Crippen LogP contribution in [0.5, 0.6) is 0 Å². The predicted octanol–water partition coefficient (Wildman–Crippen LogP) is 4.05. The van der Waals surface area contributed by atoms with Crippen molar-refractivity contribution in [3.63, 3.8) is 0 Å². The highest BCUT2D eigenvalue weighted by atomic mass is 79.9. The number of benzene rings is 1. The van der Waals surface area contributed by atoms with Crippen LogP contribution in [0.1, 0.15) is 44.4 Å². The van der Waals surface area contributed by atoms with Crippen molar-refractivity contribution in [2.24, 2.45) is 5.73 Å². The van der Waals surface area contributed by atoms with Crippen LogP contribution in [0.2, 0.25) is 0 Å². The van der Waals surface area contributed by atoms with Gasteiger partial charge in [0, 0.05) is 16.6 Å². The molecule has 0 unspecified atom stereocenters. The molecule has 1 aliphatic carbocycles. The van der Waals surface area contributed by atoms with Gasteiger partial charge in [0.25, 0.3) is 0 Å². The fourth-order valence-electron chi connectivity index (χ4n) is 3.07. The molecule has 21 heavy (non-hydrogen) atoms. The number of hydrogen-bond acceptors (Lipinski definition) is 4. The maximum absolute atomic E-state index is 6.07. The normalized spacial score (nSPS) is 18.4. The molecule has 0 spiro atoms. The van der Waals surface area contributed by atoms with Crippen LogP contribution in [0.15, 0.2) is 33.3 Å². The Kier molecular flexibility index (Phi) is 4.40. The summed E-state index contributed by atoms with van der Waals surface area (Å²) in [5.74, 6) is 1.36. The third-order valence-corrected chi connectivity index (χ3v) is 4.96. The van der Waals surface area contributed by atoms with E-state index < -0.39 is 0 Å². The molecule has 0 amide bonds. The molecular weight excluding hydrogens is 330 g/mol. The van der Waals surface area contributed by atoms with E-state index >= 15 is 0 Å². The van der Waals surface area contributed by atoms with Gasteiger partial charge in [-0.3, -0.25) is 0 Å². The molecule has 2 aromatic rings. The Bertz CT molecular complexity index is 586. The Balaban J connectivity index is 1.90. The second kappa shape index (κ2) is 6.28. The second-order valence-corrected chi connectivity index (χ2v) is 6.74. The third-order valence-electron chi connectivity index (χ3n) is 4.43. The van der Waals surface area contributed by atoms with E-state index in [0.717, 1.165) is 22.9 Å². The third kappa shape index (κ3) is 3.04. The lowest BCUT2D eigenvalue weighted by Crippen LogP contribution is -2.35. The summed E-state index contributed by atoms with van der Waals surface area (Å²) < 4.78 is 6.62. The zero-order valence-corrected chi connectivity index (χ0v) is 13.6. The van der Waals surface area contributed by atoms with E-state index in [4.69, 9.17) is 10.3 Å². The van der Waals surface area contributed by atoms with Crippen molar-refractivity contribution in [1.29, 1.82) is 0 Å². The van der Waals surface area contributed by atoms with Crippen LogP contribution in [0.3, 0.4) is 0 Å². The topological polar surface area (TPSA) is 64.9 Å². The second-order valence-electron chi connectivity index (χ2n) is 5.83. The molecule has 112 valence electrons. The molecule has 1 aliphatic rings. The number of halogens is 1. The minimum absolute atomic E-state index is 0.128. The number of aromatic nitrogens is 2. The highest BCUT2D eigenvalue weighted by Crippen LogP contribution is 2.37. The van der Waals surface area contributed by atoms with Gasteiger partial charge in [-0.15, -0.1) is 0 Å². The minimum Gasteiger partial charge on any atom is -0.338 e. The van der Waals surface area contributed by atoms with Crippen LogP contribution in [-0.2, 0) is 5.41 Å². The van der Waals surface area contributed by atoms with Crippen LogP contribution in [0, 0.1) is 0 Å². The van der Waals surface area contributed by atoms with Gasteiger partial charge in [-0.05, 0) is 37.1 Å². The van der Waals surface area contributed by atoms with E-state index in [9.17, 15) is 0 Å². The molecule has 4 nitrogen and oxygen atoms in total. The van der Waals surface area contributed by atoms with E-state index in [2.05, 4.69) is 26.1 Å². The van der Waals surface area contributed by atoms with Crippen molar-refractivity contribution in [1.82, 2.24) is 10.1 Å². The van der Waals surface area contributed by atoms with Gasteiger partial charge in [0.1, 0.15) is 0 Å². The number of rotatable bonds is 3. The monoisotopic (exact) mass is 349 g/mol. The van der Waals surface area contributed by atoms with Crippen LogP contribution >= 0.6 is 15.9 Å². The Hall–Kier alpha value is -1.20. The van der Waals surface area contributed by atoms with Gasteiger partial charge in [-0.25, -0.2) is 0 Å². The molecule has 2 N–H and O–H groups in total. The van der Waals surface area contributed by atoms with Crippen molar-refractivity contribution in [3.8, 4) is 11.4 Å². The quantitative estimate of drug-likeness (QED) is 0.848. The van der Waals surface area contributed by atoms with Crippen molar-refractivity contribution in [2.75, 3.05) is 6.54 Å². The Morgan fingerprint density at radius 3 is 2.38 bits per heavy atom. The van der Waals surface area contributed by atoms with Crippen molar-refractivity contribution in [2.45, 2.75) is 43.9 Å². The van der Waals surface area contributed by atoms with Crippen LogP contribution in [0.25, 0.3) is 11.4 Å². The molecule has 0 aliphatic heterocycles. The van der Waals surface area contributed by atoms with Gasteiger partial charge in [-0.1, -0.05) is 46.8 Å². The molecule has 1 aromatic carbocycles. The van der Waals surface area contributed by atoms with Gasteiger partial charge in [0.2, 0.25) is 11.7 Å². The molecule has 5 heteroatoms. The SMILES string of the molecule is NCC1(c2nc(-c3ccc(Br)cc3)no2)CCCCCC1. The lowest BCUT2D eigenvalue weighted by atomic mass is 9.80. The molecule has 1 fully saturated rings. The zero-order valence-electron chi connectivity index (χ0n) is 12.0. The van der Waals surface area contributed by atoms with Gasteiger partial charge in [-0.2, -0.15) is 4.98 Å². The average Bonchev–Trinajstić information content (AvgIpc) is 2.88. The Morgan fingerprint density at radius 1 is 1.10 bits per heavy atom. The van der Waals surface area contributed by atoms with E-state index in [0.29, 0.717) is 18.3 Å². The zero-order chi connectivity index (χ0) is 14.7. The minimum atomic E-state index is -0.128. The summed E-state index contributed by atoms with van der Waals surface area (Å²) in [5.41, 5.74) is 6.91. The van der Waals surface area contributed by atoms with Crippen LogP contribution < -0.4 is 5.73 Å². The summed E-state index contributed by atoms with van der Waals surface area (Å²) in [6, 6.07) is 7.94. The standard InChI is InChI=1S/C16H20BrN3O/c17-13-7-5-12(6-8-13)14-19-15(21-20-14)16(11-18)9-3-1-2-4-10-16/h5-8H,1-4,9-11,18H2. The molecule has 0 atom stereocenters. The molecule has 1 aromatic heterocycles. The summed E-state index contributed by atoms with van der Waals surface area (Å²) in [6.45, 7) is 0.578. The smallest absolute Gasteiger partial charge is 0.234 e. The van der Waals surface area contributed by atoms with Crippen molar-refractivity contribution >= 4 is 15.9 Å². The van der Waals surface area contributed by atoms with E-state index in [-0.39, 0.29) is 5.41 Å². The van der Waals surface area contributed by atoms with Crippen LogP contribution in [0.4, 0.5) is 0 Å². The van der Waals surface area contributed by atoms with Gasteiger partial charge in [0.05, 0.1) is 5.41 Å². The molecule has 1 saturated carbocycles. The number of hydrogen-bond donors (Lipinski definition) is 1. The first-order chi connectivity index (χ1) is 10.2.